The van der Waals surface area contributed by atoms with Crippen molar-refractivity contribution >= 4 is 23.4 Å². The molecule has 0 aliphatic carbocycles. The third-order valence-electron chi connectivity index (χ3n) is 5.12. The fraction of sp³-hybridized carbons (Fsp3) is 0.417. The SMILES string of the molecule is CC[C@H](C)NC(=O)[C@H](CC)N(Cc1ccccc1Cl)C(=O)Cc1cccc(C)c1. The first-order chi connectivity index (χ1) is 13.8. The van der Waals surface area contributed by atoms with Gasteiger partial charge in [0.1, 0.15) is 6.04 Å². The molecule has 0 radical (unpaired) electrons. The fourth-order valence-corrected chi connectivity index (χ4v) is 3.46. The van der Waals surface area contributed by atoms with Crippen LogP contribution in [0.1, 0.15) is 50.3 Å². The van der Waals surface area contributed by atoms with E-state index in [9.17, 15) is 9.59 Å². The molecule has 0 bridgehead atoms. The Hall–Kier alpha value is -2.33. The maximum absolute atomic E-state index is 13.3. The molecule has 2 rings (SSSR count). The van der Waals surface area contributed by atoms with E-state index in [-0.39, 0.29) is 24.3 Å². The molecule has 4 nitrogen and oxygen atoms in total. The number of carbonyl (C=O) groups is 2. The molecule has 1 N–H and O–H groups in total. The number of hydrogen-bond donors (Lipinski definition) is 1. The maximum atomic E-state index is 13.3. The van der Waals surface area contributed by atoms with Gasteiger partial charge in [0.25, 0.3) is 0 Å². The van der Waals surface area contributed by atoms with E-state index in [0.717, 1.165) is 23.1 Å². The van der Waals surface area contributed by atoms with Gasteiger partial charge in [-0.15, -0.1) is 0 Å². The van der Waals surface area contributed by atoms with Gasteiger partial charge in [0.2, 0.25) is 11.8 Å². The molecule has 0 saturated carbocycles. The van der Waals surface area contributed by atoms with Crippen molar-refractivity contribution in [2.45, 2.75) is 65.6 Å². The van der Waals surface area contributed by atoms with E-state index < -0.39 is 6.04 Å². The molecule has 0 aliphatic heterocycles. The van der Waals surface area contributed by atoms with E-state index in [0.29, 0.717) is 18.0 Å². The summed E-state index contributed by atoms with van der Waals surface area (Å²) >= 11 is 6.35. The van der Waals surface area contributed by atoms with Crippen molar-refractivity contribution < 1.29 is 9.59 Å². The van der Waals surface area contributed by atoms with Gasteiger partial charge in [-0.05, 0) is 43.9 Å². The van der Waals surface area contributed by atoms with Gasteiger partial charge < -0.3 is 10.2 Å². The van der Waals surface area contributed by atoms with Crippen LogP contribution in [-0.4, -0.2) is 28.8 Å². The predicted molar refractivity (Wildman–Crippen MR) is 119 cm³/mol. The largest absolute Gasteiger partial charge is 0.352 e. The Morgan fingerprint density at radius 1 is 1.07 bits per heavy atom. The molecule has 0 aromatic heterocycles. The lowest BCUT2D eigenvalue weighted by atomic mass is 10.0. The average Bonchev–Trinajstić information content (AvgIpc) is 2.69. The summed E-state index contributed by atoms with van der Waals surface area (Å²) in [5.41, 5.74) is 2.88. The van der Waals surface area contributed by atoms with Crippen LogP contribution >= 0.6 is 11.6 Å². The van der Waals surface area contributed by atoms with Crippen molar-refractivity contribution in [3.63, 3.8) is 0 Å². The molecule has 0 fully saturated rings. The standard InChI is InChI=1S/C24H31ClN2O2/c1-5-18(4)26-24(29)22(6-2)27(16-20-12-7-8-13-21(20)25)23(28)15-19-11-9-10-17(3)14-19/h7-14,18,22H,5-6,15-16H2,1-4H3,(H,26,29)/t18-,22-/m0/s1. The molecule has 2 aromatic carbocycles. The monoisotopic (exact) mass is 414 g/mol. The van der Waals surface area contributed by atoms with Crippen molar-refractivity contribution in [1.82, 2.24) is 10.2 Å². The van der Waals surface area contributed by atoms with E-state index in [1.165, 1.54) is 0 Å². The van der Waals surface area contributed by atoms with Crippen LogP contribution in [0.25, 0.3) is 0 Å². The molecule has 0 unspecified atom stereocenters. The van der Waals surface area contributed by atoms with Gasteiger partial charge in [-0.1, -0.05) is 73.5 Å². The first-order valence-electron chi connectivity index (χ1n) is 10.2. The van der Waals surface area contributed by atoms with Crippen molar-refractivity contribution in [3.8, 4) is 0 Å². The molecule has 2 amide bonds. The Labute approximate surface area is 179 Å². The number of hydrogen-bond acceptors (Lipinski definition) is 2. The zero-order valence-corrected chi connectivity index (χ0v) is 18.5. The van der Waals surface area contributed by atoms with Gasteiger partial charge in [0, 0.05) is 17.6 Å². The number of nitrogens with one attached hydrogen (secondary N) is 1. The Morgan fingerprint density at radius 2 is 1.79 bits per heavy atom. The molecule has 5 heteroatoms. The molecule has 0 heterocycles. The number of nitrogens with zero attached hydrogens (tertiary/aromatic N) is 1. The molecular weight excluding hydrogens is 384 g/mol. The first-order valence-corrected chi connectivity index (χ1v) is 10.6. The van der Waals surface area contributed by atoms with E-state index >= 15 is 0 Å². The number of amides is 2. The lowest BCUT2D eigenvalue weighted by Crippen LogP contribution is -2.51. The molecule has 2 atom stereocenters. The number of halogens is 1. The van der Waals surface area contributed by atoms with Crippen LogP contribution < -0.4 is 5.32 Å². The highest BCUT2D eigenvalue weighted by Gasteiger charge is 2.29. The summed E-state index contributed by atoms with van der Waals surface area (Å²) in [4.78, 5) is 27.9. The van der Waals surface area contributed by atoms with Crippen LogP contribution in [0.15, 0.2) is 48.5 Å². The summed E-state index contributed by atoms with van der Waals surface area (Å²) in [5, 5.41) is 3.62. The number of benzene rings is 2. The van der Waals surface area contributed by atoms with Crippen LogP contribution in [-0.2, 0) is 22.6 Å². The third-order valence-corrected chi connectivity index (χ3v) is 5.49. The van der Waals surface area contributed by atoms with Crippen molar-refractivity contribution in [1.29, 1.82) is 0 Å². The average molecular weight is 415 g/mol. The van der Waals surface area contributed by atoms with Crippen LogP contribution in [0.4, 0.5) is 0 Å². The molecule has 0 aliphatic rings. The van der Waals surface area contributed by atoms with Gasteiger partial charge in [0.15, 0.2) is 0 Å². The minimum Gasteiger partial charge on any atom is -0.352 e. The van der Waals surface area contributed by atoms with Crippen molar-refractivity contribution in [2.75, 3.05) is 0 Å². The van der Waals surface area contributed by atoms with Crippen molar-refractivity contribution in [2.24, 2.45) is 0 Å². The second-order valence-corrected chi connectivity index (χ2v) is 7.93. The lowest BCUT2D eigenvalue weighted by molar-refractivity contribution is -0.141. The highest BCUT2D eigenvalue weighted by atomic mass is 35.5. The summed E-state index contributed by atoms with van der Waals surface area (Å²) in [6.07, 6.45) is 1.62. The van der Waals surface area contributed by atoms with Gasteiger partial charge in [-0.2, -0.15) is 0 Å². The quantitative estimate of drug-likeness (QED) is 0.633. The number of carbonyl (C=O) groups excluding carboxylic acids is 2. The second-order valence-electron chi connectivity index (χ2n) is 7.52. The lowest BCUT2D eigenvalue weighted by Gasteiger charge is -2.32. The summed E-state index contributed by atoms with van der Waals surface area (Å²) in [6, 6.07) is 14.9. The Balaban J connectivity index is 2.31. The molecule has 2 aromatic rings. The summed E-state index contributed by atoms with van der Waals surface area (Å²) in [5.74, 6) is -0.201. The van der Waals surface area contributed by atoms with Gasteiger partial charge in [-0.3, -0.25) is 9.59 Å². The molecular formula is C24H31ClN2O2. The molecule has 0 spiro atoms. The topological polar surface area (TPSA) is 49.4 Å². The molecule has 156 valence electrons. The fourth-order valence-electron chi connectivity index (χ4n) is 3.27. The number of aryl methyl sites for hydroxylation is 1. The number of rotatable bonds is 9. The zero-order chi connectivity index (χ0) is 21.4. The van der Waals surface area contributed by atoms with Crippen LogP contribution in [0, 0.1) is 6.92 Å². The van der Waals surface area contributed by atoms with E-state index in [4.69, 9.17) is 11.6 Å². The van der Waals surface area contributed by atoms with E-state index in [1.54, 1.807) is 11.0 Å². The summed E-state index contributed by atoms with van der Waals surface area (Å²) < 4.78 is 0. The highest BCUT2D eigenvalue weighted by Crippen LogP contribution is 2.21. The zero-order valence-electron chi connectivity index (χ0n) is 17.7. The Bertz CT molecular complexity index is 837. The highest BCUT2D eigenvalue weighted by molar-refractivity contribution is 6.31. The van der Waals surface area contributed by atoms with E-state index in [2.05, 4.69) is 5.32 Å². The van der Waals surface area contributed by atoms with Crippen molar-refractivity contribution in [3.05, 3.63) is 70.2 Å². The first kappa shape index (κ1) is 23.0. The van der Waals surface area contributed by atoms with Crippen LogP contribution in [0.2, 0.25) is 5.02 Å². The Kier molecular flexibility index (Phi) is 8.71. The maximum Gasteiger partial charge on any atom is 0.243 e. The van der Waals surface area contributed by atoms with Crippen LogP contribution in [0.3, 0.4) is 0 Å². The van der Waals surface area contributed by atoms with Gasteiger partial charge in [0.05, 0.1) is 6.42 Å². The molecule has 29 heavy (non-hydrogen) atoms. The Morgan fingerprint density at radius 3 is 2.41 bits per heavy atom. The smallest absolute Gasteiger partial charge is 0.243 e. The predicted octanol–water partition coefficient (Wildman–Crippen LogP) is 4.91. The summed E-state index contributed by atoms with van der Waals surface area (Å²) in [6.45, 7) is 8.23. The second kappa shape index (κ2) is 11.0. The normalized spacial score (nSPS) is 12.9. The summed E-state index contributed by atoms with van der Waals surface area (Å²) in [7, 11) is 0. The van der Waals surface area contributed by atoms with Crippen LogP contribution in [0.5, 0.6) is 0 Å². The van der Waals surface area contributed by atoms with Gasteiger partial charge >= 0.3 is 0 Å². The minimum absolute atomic E-state index is 0.0607. The van der Waals surface area contributed by atoms with Gasteiger partial charge in [-0.25, -0.2) is 0 Å². The molecule has 0 saturated heterocycles. The minimum atomic E-state index is -0.544. The van der Waals surface area contributed by atoms with E-state index in [1.807, 2.05) is 70.2 Å². The third kappa shape index (κ3) is 6.60.